The van der Waals surface area contributed by atoms with Gasteiger partial charge in [0.2, 0.25) is 0 Å². The van der Waals surface area contributed by atoms with Crippen LogP contribution in [-0.2, 0) is 0 Å². The summed E-state index contributed by atoms with van der Waals surface area (Å²) in [6, 6.07) is 9.34. The molecule has 0 aromatic heterocycles. The Hall–Kier alpha value is -0.820. The second-order valence-electron chi connectivity index (χ2n) is 5.85. The molecule has 2 unspecified atom stereocenters. The van der Waals surface area contributed by atoms with E-state index in [-0.39, 0.29) is 0 Å². The molecule has 1 nitrogen and oxygen atoms in total. The smallest absolute Gasteiger partial charge is 0.00713 e. The first-order chi connectivity index (χ1) is 8.76. The van der Waals surface area contributed by atoms with Crippen LogP contribution in [-0.4, -0.2) is 6.54 Å². The standard InChI is InChI=1S/C17H27N/c1-3-13(2)14-7-9-16(10-8-14)17(11-12-18)15-5-4-6-15/h7-10,13,15,17H,3-6,11-12,18H2,1-2H3. The van der Waals surface area contributed by atoms with Crippen molar-refractivity contribution < 1.29 is 0 Å². The minimum Gasteiger partial charge on any atom is -0.330 e. The van der Waals surface area contributed by atoms with Crippen LogP contribution in [0.2, 0.25) is 0 Å². The summed E-state index contributed by atoms with van der Waals surface area (Å²) in [6.07, 6.45) is 6.58. The van der Waals surface area contributed by atoms with Crippen molar-refractivity contribution in [1.82, 2.24) is 0 Å². The lowest BCUT2D eigenvalue weighted by molar-refractivity contribution is 0.253. The van der Waals surface area contributed by atoms with Crippen LogP contribution in [0.25, 0.3) is 0 Å². The molecule has 0 amide bonds. The molecule has 0 spiro atoms. The summed E-state index contributed by atoms with van der Waals surface area (Å²) in [5, 5.41) is 0. The molecule has 1 saturated carbocycles. The molecule has 2 atom stereocenters. The van der Waals surface area contributed by atoms with Gasteiger partial charge in [0.25, 0.3) is 0 Å². The molecule has 2 N–H and O–H groups in total. The molecule has 0 aliphatic heterocycles. The molecule has 18 heavy (non-hydrogen) atoms. The fraction of sp³-hybridized carbons (Fsp3) is 0.647. The summed E-state index contributed by atoms with van der Waals surface area (Å²) >= 11 is 0. The third kappa shape index (κ3) is 2.95. The van der Waals surface area contributed by atoms with E-state index in [1.807, 2.05) is 0 Å². The van der Waals surface area contributed by atoms with Gasteiger partial charge in [-0.05, 0) is 61.1 Å². The molecule has 1 aliphatic rings. The second kappa shape index (κ2) is 6.38. The number of nitrogens with two attached hydrogens (primary N) is 1. The van der Waals surface area contributed by atoms with Crippen LogP contribution in [0.15, 0.2) is 24.3 Å². The van der Waals surface area contributed by atoms with E-state index in [1.54, 1.807) is 0 Å². The van der Waals surface area contributed by atoms with Crippen LogP contribution in [0.4, 0.5) is 0 Å². The summed E-state index contributed by atoms with van der Waals surface area (Å²) in [5.74, 6) is 2.27. The number of benzene rings is 1. The Morgan fingerprint density at radius 3 is 2.22 bits per heavy atom. The zero-order chi connectivity index (χ0) is 13.0. The summed E-state index contributed by atoms with van der Waals surface area (Å²) in [7, 11) is 0. The quantitative estimate of drug-likeness (QED) is 0.788. The van der Waals surface area contributed by atoms with Crippen LogP contribution in [0.3, 0.4) is 0 Å². The molecule has 0 bridgehead atoms. The van der Waals surface area contributed by atoms with Gasteiger partial charge in [0.15, 0.2) is 0 Å². The fourth-order valence-corrected chi connectivity index (χ4v) is 3.00. The molecule has 1 fully saturated rings. The lowest BCUT2D eigenvalue weighted by Gasteiger charge is -2.34. The molecule has 1 heteroatoms. The minimum atomic E-state index is 0.677. The molecular weight excluding hydrogens is 218 g/mol. The maximum Gasteiger partial charge on any atom is -0.00713 e. The van der Waals surface area contributed by atoms with Crippen molar-refractivity contribution in [3.63, 3.8) is 0 Å². The van der Waals surface area contributed by atoms with Gasteiger partial charge >= 0.3 is 0 Å². The Labute approximate surface area is 112 Å². The summed E-state index contributed by atoms with van der Waals surface area (Å²) in [4.78, 5) is 0. The van der Waals surface area contributed by atoms with Crippen molar-refractivity contribution in [1.29, 1.82) is 0 Å². The van der Waals surface area contributed by atoms with Gasteiger partial charge in [0, 0.05) is 0 Å². The van der Waals surface area contributed by atoms with Crippen LogP contribution in [0.1, 0.15) is 68.9 Å². The lowest BCUT2D eigenvalue weighted by atomic mass is 9.71. The van der Waals surface area contributed by atoms with Crippen molar-refractivity contribution >= 4 is 0 Å². The molecule has 1 aromatic carbocycles. The first-order valence-electron chi connectivity index (χ1n) is 7.56. The van der Waals surface area contributed by atoms with E-state index in [2.05, 4.69) is 38.1 Å². The van der Waals surface area contributed by atoms with Crippen molar-refractivity contribution in [3.05, 3.63) is 35.4 Å². The number of hydrogen-bond donors (Lipinski definition) is 1. The number of rotatable bonds is 6. The molecule has 0 radical (unpaired) electrons. The predicted molar refractivity (Wildman–Crippen MR) is 78.9 cm³/mol. The van der Waals surface area contributed by atoms with Gasteiger partial charge in [-0.15, -0.1) is 0 Å². The monoisotopic (exact) mass is 245 g/mol. The van der Waals surface area contributed by atoms with Crippen LogP contribution >= 0.6 is 0 Å². The lowest BCUT2D eigenvalue weighted by Crippen LogP contribution is -2.22. The van der Waals surface area contributed by atoms with E-state index in [0.717, 1.165) is 18.9 Å². The first kappa shape index (κ1) is 13.6. The van der Waals surface area contributed by atoms with Crippen molar-refractivity contribution in [2.75, 3.05) is 6.54 Å². The predicted octanol–water partition coefficient (Wildman–Crippen LogP) is 4.43. The maximum absolute atomic E-state index is 5.78. The summed E-state index contributed by atoms with van der Waals surface area (Å²) < 4.78 is 0. The van der Waals surface area contributed by atoms with Crippen LogP contribution in [0.5, 0.6) is 0 Å². The Bertz CT molecular complexity index is 350. The highest BCUT2D eigenvalue weighted by Crippen LogP contribution is 2.41. The van der Waals surface area contributed by atoms with E-state index < -0.39 is 0 Å². The minimum absolute atomic E-state index is 0.677. The fourth-order valence-electron chi connectivity index (χ4n) is 3.00. The molecule has 2 rings (SSSR count). The van der Waals surface area contributed by atoms with Gasteiger partial charge in [-0.25, -0.2) is 0 Å². The van der Waals surface area contributed by atoms with Gasteiger partial charge in [-0.2, -0.15) is 0 Å². The van der Waals surface area contributed by atoms with Crippen molar-refractivity contribution in [2.45, 2.75) is 57.8 Å². The Morgan fingerprint density at radius 1 is 1.17 bits per heavy atom. The average Bonchev–Trinajstić information content (AvgIpc) is 2.35. The molecule has 1 aromatic rings. The zero-order valence-corrected chi connectivity index (χ0v) is 11.9. The molecule has 0 saturated heterocycles. The Kier molecular flexibility index (Phi) is 4.82. The third-order valence-corrected chi connectivity index (χ3v) is 4.74. The van der Waals surface area contributed by atoms with Gasteiger partial charge in [0.1, 0.15) is 0 Å². The average molecular weight is 245 g/mol. The van der Waals surface area contributed by atoms with Crippen LogP contribution in [0, 0.1) is 5.92 Å². The normalized spacial score (nSPS) is 19.3. The van der Waals surface area contributed by atoms with Gasteiger partial charge < -0.3 is 5.73 Å². The first-order valence-corrected chi connectivity index (χ1v) is 7.56. The second-order valence-corrected chi connectivity index (χ2v) is 5.85. The van der Waals surface area contributed by atoms with Gasteiger partial charge in [-0.1, -0.05) is 44.5 Å². The van der Waals surface area contributed by atoms with Gasteiger partial charge in [0.05, 0.1) is 0 Å². The van der Waals surface area contributed by atoms with E-state index in [1.165, 1.54) is 36.8 Å². The van der Waals surface area contributed by atoms with E-state index in [4.69, 9.17) is 5.73 Å². The van der Waals surface area contributed by atoms with E-state index in [0.29, 0.717) is 11.8 Å². The Balaban J connectivity index is 2.10. The van der Waals surface area contributed by atoms with Crippen molar-refractivity contribution in [2.24, 2.45) is 11.7 Å². The highest BCUT2D eigenvalue weighted by molar-refractivity contribution is 5.28. The van der Waals surface area contributed by atoms with Crippen LogP contribution < -0.4 is 5.73 Å². The highest BCUT2D eigenvalue weighted by Gasteiger charge is 2.27. The summed E-state index contributed by atoms with van der Waals surface area (Å²) in [5.41, 5.74) is 8.77. The Morgan fingerprint density at radius 2 is 1.78 bits per heavy atom. The van der Waals surface area contributed by atoms with E-state index >= 15 is 0 Å². The summed E-state index contributed by atoms with van der Waals surface area (Å²) in [6.45, 7) is 5.37. The SMILES string of the molecule is CCC(C)c1ccc(C(CCN)C2CCC2)cc1. The third-order valence-electron chi connectivity index (χ3n) is 4.74. The molecule has 1 aliphatic carbocycles. The van der Waals surface area contributed by atoms with Crippen molar-refractivity contribution in [3.8, 4) is 0 Å². The highest BCUT2D eigenvalue weighted by atomic mass is 14.5. The maximum atomic E-state index is 5.78. The zero-order valence-electron chi connectivity index (χ0n) is 11.9. The topological polar surface area (TPSA) is 26.0 Å². The largest absolute Gasteiger partial charge is 0.330 e. The molecule has 100 valence electrons. The van der Waals surface area contributed by atoms with E-state index in [9.17, 15) is 0 Å². The number of hydrogen-bond acceptors (Lipinski definition) is 1. The van der Waals surface area contributed by atoms with Gasteiger partial charge in [-0.3, -0.25) is 0 Å². The molecular formula is C17H27N. The molecule has 0 heterocycles.